The number of nitrogens with one attached hydrogen (secondary N) is 2. The molecule has 1 atom stereocenters. The number of fused-ring (bicyclic) bond motifs is 1. The fraction of sp³-hybridized carbons (Fsp3) is 0.138. The van der Waals surface area contributed by atoms with Crippen LogP contribution in [0, 0.1) is 5.82 Å². The number of ether oxygens (including phenoxy) is 1. The van der Waals surface area contributed by atoms with Crippen molar-refractivity contribution in [3.8, 4) is 16.9 Å². The highest BCUT2D eigenvalue weighted by Crippen LogP contribution is 2.30. The van der Waals surface area contributed by atoms with E-state index in [9.17, 15) is 22.7 Å². The zero-order valence-corrected chi connectivity index (χ0v) is 22.9. The molecule has 0 aliphatic carbocycles. The maximum absolute atomic E-state index is 13.2. The van der Waals surface area contributed by atoms with Gasteiger partial charge in [-0.15, -0.1) is 5.10 Å². The first kappa shape index (κ1) is 27.7. The van der Waals surface area contributed by atoms with Crippen molar-refractivity contribution in [2.24, 2.45) is 0 Å². The van der Waals surface area contributed by atoms with Crippen LogP contribution in [0.2, 0.25) is 0 Å². The molecular weight excluding hydrogens is 549 g/mol. The lowest BCUT2D eigenvalue weighted by Crippen LogP contribution is -2.23. The van der Waals surface area contributed by atoms with Gasteiger partial charge in [-0.2, -0.15) is 4.98 Å². The molecule has 0 saturated heterocycles. The minimum Gasteiger partial charge on any atom is -0.495 e. The maximum atomic E-state index is 13.2. The summed E-state index contributed by atoms with van der Waals surface area (Å²) in [6.07, 6.45) is 2.93. The summed E-state index contributed by atoms with van der Waals surface area (Å²) in [6.45, 7) is -0.414. The minimum atomic E-state index is -3.39. The van der Waals surface area contributed by atoms with Gasteiger partial charge in [-0.1, -0.05) is 24.3 Å². The Balaban J connectivity index is 1.31. The highest BCUT2D eigenvalue weighted by Gasteiger charge is 2.20. The first-order valence-corrected chi connectivity index (χ1v) is 14.3. The molecule has 210 valence electrons. The van der Waals surface area contributed by atoms with E-state index < -0.39 is 34.1 Å². The van der Waals surface area contributed by atoms with Crippen molar-refractivity contribution >= 4 is 38.7 Å². The predicted octanol–water partition coefficient (Wildman–Crippen LogP) is 4.41. The van der Waals surface area contributed by atoms with E-state index in [1.807, 2.05) is 24.3 Å². The van der Waals surface area contributed by atoms with Gasteiger partial charge in [-0.3, -0.25) is 4.79 Å². The molecular formula is C29H26FN5O5S. The van der Waals surface area contributed by atoms with E-state index in [0.717, 1.165) is 17.4 Å². The fourth-order valence-electron chi connectivity index (χ4n) is 4.24. The molecule has 0 spiro atoms. The minimum absolute atomic E-state index is 0.138. The van der Waals surface area contributed by atoms with Crippen molar-refractivity contribution in [1.82, 2.24) is 14.6 Å². The first-order chi connectivity index (χ1) is 19.6. The Bertz CT molecular complexity index is 1820. The highest BCUT2D eigenvalue weighted by molar-refractivity contribution is 7.90. The molecule has 5 rings (SSSR count). The summed E-state index contributed by atoms with van der Waals surface area (Å²) in [5, 5.41) is 20.1. The molecule has 12 heteroatoms. The van der Waals surface area contributed by atoms with E-state index in [1.165, 1.54) is 43.5 Å². The molecule has 2 aromatic heterocycles. The molecule has 0 fully saturated rings. The number of rotatable bonds is 9. The molecule has 41 heavy (non-hydrogen) atoms. The third-order valence-electron chi connectivity index (χ3n) is 6.44. The number of amides is 1. The van der Waals surface area contributed by atoms with Crippen LogP contribution in [0.1, 0.15) is 11.5 Å². The second kappa shape index (κ2) is 11.4. The largest absolute Gasteiger partial charge is 0.495 e. The number of aliphatic hydroxyl groups excluding tert-OH is 1. The number of carbonyl (C=O) groups excluding carboxylic acids is 1. The quantitative estimate of drug-likeness (QED) is 0.235. The van der Waals surface area contributed by atoms with Gasteiger partial charge in [0.2, 0.25) is 11.9 Å². The number of sulfone groups is 1. The van der Waals surface area contributed by atoms with E-state index in [4.69, 9.17) is 4.74 Å². The summed E-state index contributed by atoms with van der Waals surface area (Å²) < 4.78 is 43.9. The van der Waals surface area contributed by atoms with Crippen molar-refractivity contribution in [3.05, 3.63) is 96.4 Å². The summed E-state index contributed by atoms with van der Waals surface area (Å²) in [7, 11) is -1.94. The molecule has 1 amide bonds. The number of hydrogen-bond donors (Lipinski definition) is 3. The average molecular weight is 576 g/mol. The van der Waals surface area contributed by atoms with Crippen LogP contribution in [-0.2, 0) is 14.6 Å². The third-order valence-corrected chi connectivity index (χ3v) is 7.55. The molecule has 0 unspecified atom stereocenters. The van der Waals surface area contributed by atoms with Gasteiger partial charge in [-0.25, -0.2) is 17.3 Å². The highest BCUT2D eigenvalue weighted by atomic mass is 32.2. The number of aliphatic hydroxyl groups is 1. The molecule has 3 N–H and O–H groups in total. The van der Waals surface area contributed by atoms with E-state index in [2.05, 4.69) is 20.7 Å². The molecule has 0 aliphatic rings. The number of aromatic nitrogens is 3. The van der Waals surface area contributed by atoms with E-state index in [1.54, 1.807) is 28.9 Å². The Morgan fingerprint density at radius 3 is 2.39 bits per heavy atom. The Kier molecular flexibility index (Phi) is 7.68. The lowest BCUT2D eigenvalue weighted by Gasteiger charge is -2.15. The van der Waals surface area contributed by atoms with Gasteiger partial charge in [0, 0.05) is 29.8 Å². The molecule has 0 radical (unpaired) electrons. The number of hydrogen-bond acceptors (Lipinski definition) is 8. The zero-order chi connectivity index (χ0) is 29.1. The molecule has 0 aliphatic heterocycles. The van der Waals surface area contributed by atoms with Gasteiger partial charge < -0.3 is 20.5 Å². The third kappa shape index (κ3) is 6.18. The molecule has 5 aromatic rings. The van der Waals surface area contributed by atoms with Crippen LogP contribution < -0.4 is 15.4 Å². The van der Waals surface area contributed by atoms with Crippen molar-refractivity contribution in [2.45, 2.75) is 10.8 Å². The molecule has 2 heterocycles. The van der Waals surface area contributed by atoms with Gasteiger partial charge >= 0.3 is 0 Å². The zero-order valence-electron chi connectivity index (χ0n) is 22.1. The summed E-state index contributed by atoms with van der Waals surface area (Å²) >= 11 is 0. The lowest BCUT2D eigenvalue weighted by atomic mass is 9.99. The number of benzene rings is 3. The van der Waals surface area contributed by atoms with Crippen molar-refractivity contribution < 1.29 is 27.4 Å². The number of methoxy groups -OCH3 is 1. The second-order valence-electron chi connectivity index (χ2n) is 9.27. The lowest BCUT2D eigenvalue weighted by molar-refractivity contribution is -0.118. The van der Waals surface area contributed by atoms with Crippen molar-refractivity contribution in [2.75, 3.05) is 30.6 Å². The van der Waals surface area contributed by atoms with Gasteiger partial charge in [0.15, 0.2) is 15.5 Å². The Morgan fingerprint density at radius 2 is 1.73 bits per heavy atom. The van der Waals surface area contributed by atoms with E-state index in [-0.39, 0.29) is 4.90 Å². The van der Waals surface area contributed by atoms with Crippen LogP contribution in [0.25, 0.3) is 16.8 Å². The molecule has 10 nitrogen and oxygen atoms in total. The van der Waals surface area contributed by atoms with Crippen LogP contribution in [0.5, 0.6) is 5.75 Å². The SMILES string of the molecule is COc1cc(S(C)(=O)=O)ccc1Nc1nc2ccc(-c3ccc(NC(=O)[C@H](CO)c4ccc(F)cc4)cc3)cn2n1. The molecule has 0 bridgehead atoms. The summed E-state index contributed by atoms with van der Waals surface area (Å²) in [5.41, 5.74) is 3.87. The number of halogens is 1. The van der Waals surface area contributed by atoms with Gasteiger partial charge in [0.25, 0.3) is 0 Å². The van der Waals surface area contributed by atoms with E-state index >= 15 is 0 Å². The van der Waals surface area contributed by atoms with Crippen LogP contribution in [-0.4, -0.2) is 54.0 Å². The van der Waals surface area contributed by atoms with Crippen LogP contribution in [0.3, 0.4) is 0 Å². The smallest absolute Gasteiger partial charge is 0.247 e. The van der Waals surface area contributed by atoms with E-state index in [0.29, 0.717) is 34.3 Å². The first-order valence-electron chi connectivity index (χ1n) is 12.4. The van der Waals surface area contributed by atoms with Crippen molar-refractivity contribution in [1.29, 1.82) is 0 Å². The summed E-state index contributed by atoms with van der Waals surface area (Å²) in [4.78, 5) is 17.3. The van der Waals surface area contributed by atoms with Crippen LogP contribution >= 0.6 is 0 Å². The van der Waals surface area contributed by atoms with Crippen molar-refractivity contribution in [3.63, 3.8) is 0 Å². The predicted molar refractivity (Wildman–Crippen MR) is 153 cm³/mol. The number of nitrogens with zero attached hydrogens (tertiary/aromatic N) is 3. The number of anilines is 3. The summed E-state index contributed by atoms with van der Waals surface area (Å²) in [6, 6.07) is 20.8. The number of pyridine rings is 1. The molecule has 0 saturated carbocycles. The number of carbonyl (C=O) groups is 1. The molecule has 3 aromatic carbocycles. The Morgan fingerprint density at radius 1 is 1.02 bits per heavy atom. The average Bonchev–Trinajstić information content (AvgIpc) is 3.36. The van der Waals surface area contributed by atoms with Gasteiger partial charge in [0.1, 0.15) is 11.6 Å². The van der Waals surface area contributed by atoms with Gasteiger partial charge in [0.05, 0.1) is 30.2 Å². The van der Waals surface area contributed by atoms with Crippen LogP contribution in [0.4, 0.5) is 21.7 Å². The standard InChI is InChI=1S/C29H26FN5O5S/c1-40-26-15-23(41(2,38)39)12-13-25(26)32-29-33-27-14-7-20(16-35(27)34-29)18-5-10-22(11-6-18)31-28(37)24(17-36)19-3-8-21(30)9-4-19/h3-16,24,36H,17H2,1-2H3,(H,31,37)(H,32,34)/t24-/m1/s1. The monoisotopic (exact) mass is 575 g/mol. The topological polar surface area (TPSA) is 135 Å². The Labute approximate surface area is 235 Å². The maximum Gasteiger partial charge on any atom is 0.247 e. The van der Waals surface area contributed by atoms with Gasteiger partial charge in [-0.05, 0) is 59.7 Å². The summed E-state index contributed by atoms with van der Waals surface area (Å²) in [5.74, 6) is -1.02. The fourth-order valence-corrected chi connectivity index (χ4v) is 4.88. The second-order valence-corrected chi connectivity index (χ2v) is 11.3. The van der Waals surface area contributed by atoms with Crippen LogP contribution in [0.15, 0.2) is 90.0 Å². The Hall–Kier alpha value is -4.81. The normalized spacial score (nSPS) is 12.2.